The summed E-state index contributed by atoms with van der Waals surface area (Å²) < 4.78 is 0.908. The Morgan fingerprint density at radius 2 is 1.86 bits per heavy atom. The zero-order chi connectivity index (χ0) is 21.7. The van der Waals surface area contributed by atoms with Crippen LogP contribution in [0.5, 0.6) is 5.75 Å². The van der Waals surface area contributed by atoms with Crippen molar-refractivity contribution in [3.05, 3.63) is 58.1 Å². The zero-order valence-electron chi connectivity index (χ0n) is 17.0. The molecule has 3 rings (SSSR count). The molecule has 0 atom stereocenters. The Morgan fingerprint density at radius 3 is 2.41 bits per heavy atom. The molecule has 0 aliphatic carbocycles. The van der Waals surface area contributed by atoms with Gasteiger partial charge in [0.15, 0.2) is 5.82 Å². The summed E-state index contributed by atoms with van der Waals surface area (Å²) in [4.78, 5) is 31.2. The number of rotatable bonds is 4. The molecule has 0 bridgehead atoms. The second kappa shape index (κ2) is 9.16. The molecular weight excluding hydrogens is 374 g/mol. The Hall–Kier alpha value is -3.46. The second-order valence-electron chi connectivity index (χ2n) is 6.72. The second-order valence-corrected chi connectivity index (χ2v) is 6.72. The number of H-pyrrole nitrogens is 1. The van der Waals surface area contributed by atoms with Gasteiger partial charge < -0.3 is 15.1 Å². The van der Waals surface area contributed by atoms with E-state index < -0.39 is 11.6 Å². The summed E-state index contributed by atoms with van der Waals surface area (Å²) in [6, 6.07) is 8.34. The first-order chi connectivity index (χ1) is 13.8. The first-order valence-corrected chi connectivity index (χ1v) is 8.93. The molecule has 9 heteroatoms. The first-order valence-electron chi connectivity index (χ1n) is 8.93. The van der Waals surface area contributed by atoms with Gasteiger partial charge in [0.25, 0.3) is 5.91 Å². The van der Waals surface area contributed by atoms with Gasteiger partial charge in [0, 0.05) is 27.4 Å². The van der Waals surface area contributed by atoms with E-state index in [0.29, 0.717) is 11.4 Å². The normalized spacial score (nSPS) is 10.4. The number of benzene rings is 1. The summed E-state index contributed by atoms with van der Waals surface area (Å²) in [7, 11) is 4.68. The molecule has 29 heavy (non-hydrogen) atoms. The highest BCUT2D eigenvalue weighted by Gasteiger charge is 2.22. The number of nitrogens with one attached hydrogen (secondary N) is 1. The third kappa shape index (κ3) is 4.52. The quantitative estimate of drug-likeness (QED) is 0.611. The number of hydrogen-bond donors (Lipinski definition) is 3. The molecule has 154 valence electrons. The number of phenolic OH excluding ortho intramolecular Hbond substituents is 1. The van der Waals surface area contributed by atoms with E-state index in [1.165, 1.54) is 12.3 Å². The molecule has 0 aliphatic rings. The van der Waals surface area contributed by atoms with Crippen molar-refractivity contribution in [3.8, 4) is 17.1 Å². The van der Waals surface area contributed by atoms with Gasteiger partial charge in [-0.2, -0.15) is 5.10 Å². The number of aliphatic hydroxyl groups is 1. The lowest BCUT2D eigenvalue weighted by Gasteiger charge is -2.12. The number of nitrogens with zero attached hydrogens (tertiary/aromatic N) is 4. The minimum atomic E-state index is -0.680. The molecule has 0 amide bonds. The van der Waals surface area contributed by atoms with Crippen LogP contribution in [-0.2, 0) is 0 Å². The minimum Gasteiger partial charge on any atom is -0.507 e. The van der Waals surface area contributed by atoms with Crippen molar-refractivity contribution in [2.75, 3.05) is 26.1 Å². The lowest BCUT2D eigenvalue weighted by Crippen LogP contribution is -2.26. The van der Waals surface area contributed by atoms with Crippen LogP contribution < -0.4 is 10.6 Å². The van der Waals surface area contributed by atoms with E-state index in [2.05, 4.69) is 15.2 Å². The average Bonchev–Trinajstić information content (AvgIpc) is 3.10. The lowest BCUT2D eigenvalue weighted by atomic mass is 10.00. The smallest absolute Gasteiger partial charge is 0.350 e. The van der Waals surface area contributed by atoms with Crippen LogP contribution in [0.2, 0.25) is 0 Å². The molecule has 0 aliphatic heterocycles. The highest BCUT2D eigenvalue weighted by atomic mass is 16.3. The van der Waals surface area contributed by atoms with Gasteiger partial charge >= 0.3 is 5.69 Å². The summed E-state index contributed by atoms with van der Waals surface area (Å²) >= 11 is 0. The fourth-order valence-corrected chi connectivity index (χ4v) is 2.66. The highest BCUT2D eigenvalue weighted by Crippen LogP contribution is 2.30. The van der Waals surface area contributed by atoms with Gasteiger partial charge in [-0.1, -0.05) is 19.9 Å². The SMILES string of the molecule is CC(C)c1ccc(O)c(-c2n[nH]c(=O)n2C(=O)c2ccc(N(C)C)nc2)c1.CO. The van der Waals surface area contributed by atoms with Crippen molar-refractivity contribution < 1.29 is 15.0 Å². The number of aromatic nitrogens is 4. The summed E-state index contributed by atoms with van der Waals surface area (Å²) in [5.41, 5.74) is 0.825. The summed E-state index contributed by atoms with van der Waals surface area (Å²) in [6.45, 7) is 4.02. The lowest BCUT2D eigenvalue weighted by molar-refractivity contribution is 0.0957. The molecule has 2 heterocycles. The number of aromatic amines is 1. The molecule has 3 N–H and O–H groups in total. The number of carbonyl (C=O) groups excluding carboxylic acids is 1. The van der Waals surface area contributed by atoms with Crippen LogP contribution in [0.4, 0.5) is 5.82 Å². The van der Waals surface area contributed by atoms with Crippen LogP contribution >= 0.6 is 0 Å². The van der Waals surface area contributed by atoms with E-state index in [-0.39, 0.29) is 23.1 Å². The van der Waals surface area contributed by atoms with E-state index in [1.807, 2.05) is 27.9 Å². The van der Waals surface area contributed by atoms with Crippen LogP contribution in [0, 0.1) is 0 Å². The molecule has 0 radical (unpaired) electrons. The van der Waals surface area contributed by atoms with Crippen LogP contribution in [0.25, 0.3) is 11.4 Å². The number of pyridine rings is 1. The molecule has 1 aromatic carbocycles. The predicted octanol–water partition coefficient (Wildman–Crippen LogP) is 1.83. The molecule has 0 saturated carbocycles. The van der Waals surface area contributed by atoms with E-state index in [1.54, 1.807) is 29.2 Å². The molecule has 9 nitrogen and oxygen atoms in total. The Balaban J connectivity index is 0.00000145. The molecular formula is C20H25N5O4. The Morgan fingerprint density at radius 1 is 1.17 bits per heavy atom. The highest BCUT2D eigenvalue weighted by molar-refractivity contribution is 5.98. The van der Waals surface area contributed by atoms with Gasteiger partial charge in [-0.3, -0.25) is 4.79 Å². The van der Waals surface area contributed by atoms with Gasteiger partial charge in [0.05, 0.1) is 11.1 Å². The minimum absolute atomic E-state index is 0.0571. The maximum Gasteiger partial charge on any atom is 0.350 e. The van der Waals surface area contributed by atoms with Crippen molar-refractivity contribution >= 4 is 11.7 Å². The molecule has 0 saturated heterocycles. The molecule has 3 aromatic rings. The summed E-state index contributed by atoms with van der Waals surface area (Å²) in [6.07, 6.45) is 1.41. The third-order valence-corrected chi connectivity index (χ3v) is 4.26. The van der Waals surface area contributed by atoms with Gasteiger partial charge in [0.2, 0.25) is 0 Å². The van der Waals surface area contributed by atoms with Gasteiger partial charge in [0.1, 0.15) is 11.6 Å². The van der Waals surface area contributed by atoms with Crippen molar-refractivity contribution in [1.29, 1.82) is 0 Å². The van der Waals surface area contributed by atoms with E-state index in [4.69, 9.17) is 5.11 Å². The van der Waals surface area contributed by atoms with Crippen molar-refractivity contribution in [1.82, 2.24) is 19.7 Å². The van der Waals surface area contributed by atoms with Crippen LogP contribution in [0.3, 0.4) is 0 Å². The molecule has 0 unspecified atom stereocenters. The fraction of sp³-hybridized carbons (Fsp3) is 0.300. The number of carbonyl (C=O) groups is 1. The van der Waals surface area contributed by atoms with Gasteiger partial charge in [-0.15, -0.1) is 0 Å². The van der Waals surface area contributed by atoms with Crippen LogP contribution in [0.1, 0.15) is 35.7 Å². The number of aromatic hydroxyl groups is 1. The maximum absolute atomic E-state index is 12.9. The molecule has 2 aromatic heterocycles. The topological polar surface area (TPSA) is 124 Å². The van der Waals surface area contributed by atoms with E-state index in [9.17, 15) is 14.7 Å². The van der Waals surface area contributed by atoms with Crippen LogP contribution in [0.15, 0.2) is 41.3 Å². The Kier molecular flexibility index (Phi) is 6.89. The first kappa shape index (κ1) is 21.8. The summed E-state index contributed by atoms with van der Waals surface area (Å²) in [5.74, 6) is 0.321. The van der Waals surface area contributed by atoms with Crippen molar-refractivity contribution in [2.45, 2.75) is 19.8 Å². The van der Waals surface area contributed by atoms with E-state index >= 15 is 0 Å². The van der Waals surface area contributed by atoms with Crippen molar-refractivity contribution in [3.63, 3.8) is 0 Å². The monoisotopic (exact) mass is 399 g/mol. The number of aliphatic hydroxyl groups excluding tert-OH is 1. The van der Waals surface area contributed by atoms with Crippen molar-refractivity contribution in [2.24, 2.45) is 0 Å². The summed E-state index contributed by atoms with van der Waals surface area (Å²) in [5, 5.41) is 23.5. The molecule has 0 fully saturated rings. The number of phenols is 1. The standard InChI is InChI=1S/C19H21N5O3.CH4O/c1-11(2)12-5-7-15(25)14(9-12)17-21-22-19(27)24(17)18(26)13-6-8-16(20-10-13)23(3)4;1-2/h5-11,25H,1-4H3,(H,22,27);2H,1H3. The van der Waals surface area contributed by atoms with Gasteiger partial charge in [-0.05, 0) is 35.7 Å². The van der Waals surface area contributed by atoms with Gasteiger partial charge in [-0.25, -0.2) is 19.4 Å². The molecule has 0 spiro atoms. The number of anilines is 1. The average molecular weight is 399 g/mol. The Bertz CT molecular complexity index is 1040. The van der Waals surface area contributed by atoms with E-state index in [0.717, 1.165) is 17.2 Å². The predicted molar refractivity (Wildman–Crippen MR) is 110 cm³/mol. The fourth-order valence-electron chi connectivity index (χ4n) is 2.66. The maximum atomic E-state index is 12.9. The largest absolute Gasteiger partial charge is 0.507 e. The number of hydrogen-bond acceptors (Lipinski definition) is 7. The zero-order valence-corrected chi connectivity index (χ0v) is 17.0. The van der Waals surface area contributed by atoms with Crippen LogP contribution in [-0.4, -0.2) is 57.1 Å². The third-order valence-electron chi connectivity index (χ3n) is 4.26. The Labute approximate surface area is 168 Å².